The van der Waals surface area contributed by atoms with Crippen molar-refractivity contribution in [2.45, 2.75) is 38.4 Å². The van der Waals surface area contributed by atoms with Crippen LogP contribution < -0.4 is 5.32 Å². The van der Waals surface area contributed by atoms with Gasteiger partial charge in [-0.3, -0.25) is 20.2 Å². The molecule has 2 amide bonds. The first-order chi connectivity index (χ1) is 11.0. The number of carbonyl (C=O) groups is 2. The number of nitrogens with zero attached hydrogens (tertiary/aromatic N) is 1. The van der Waals surface area contributed by atoms with Crippen LogP contribution in [0.5, 0.6) is 0 Å². The van der Waals surface area contributed by atoms with Crippen LogP contribution in [0.25, 0.3) is 0 Å². The largest absolute Gasteiger partial charge is 0.444 e. The molecule has 0 saturated carbocycles. The Morgan fingerprint density at radius 3 is 2.21 bits per heavy atom. The fourth-order valence-corrected chi connectivity index (χ4v) is 1.91. The van der Waals surface area contributed by atoms with E-state index in [4.69, 9.17) is 9.84 Å². The van der Waals surface area contributed by atoms with Gasteiger partial charge in [-0.05, 0) is 38.5 Å². The first-order valence-electron chi connectivity index (χ1n) is 7.12. The van der Waals surface area contributed by atoms with Crippen LogP contribution in [0.4, 0.5) is 10.5 Å². The van der Waals surface area contributed by atoms with E-state index in [1.54, 1.807) is 20.8 Å². The third kappa shape index (κ3) is 5.00. The second kappa shape index (κ2) is 7.37. The molecule has 9 nitrogen and oxygen atoms in total. The standard InChI is InChI=1S/C15H20N2O7/c1-14(2,3)24-13(20)16-12(19)15(21,8-9-18)10-4-6-11(7-5-10)17(22)23/h4-7,18,21H,8-9H2,1-3H3,(H,16,19,20). The molecule has 1 aromatic carbocycles. The summed E-state index contributed by atoms with van der Waals surface area (Å²) in [5.41, 5.74) is -3.30. The number of ether oxygens (including phenoxy) is 1. The molecule has 0 aliphatic heterocycles. The lowest BCUT2D eigenvalue weighted by Gasteiger charge is -2.27. The Morgan fingerprint density at radius 1 is 1.25 bits per heavy atom. The van der Waals surface area contributed by atoms with Crippen molar-refractivity contribution >= 4 is 17.7 Å². The van der Waals surface area contributed by atoms with Gasteiger partial charge in [-0.25, -0.2) is 4.79 Å². The van der Waals surface area contributed by atoms with Gasteiger partial charge in [-0.2, -0.15) is 0 Å². The van der Waals surface area contributed by atoms with Gasteiger partial charge in [0.2, 0.25) is 0 Å². The molecule has 1 atom stereocenters. The van der Waals surface area contributed by atoms with Gasteiger partial charge in [0.05, 0.1) is 4.92 Å². The number of hydrogen-bond donors (Lipinski definition) is 3. The molecule has 0 heterocycles. The first kappa shape index (κ1) is 19.5. The number of non-ortho nitro benzene ring substituents is 1. The third-order valence-corrected chi connectivity index (χ3v) is 3.02. The maximum absolute atomic E-state index is 12.3. The fraction of sp³-hybridized carbons (Fsp3) is 0.467. The van der Waals surface area contributed by atoms with E-state index in [1.165, 1.54) is 12.1 Å². The number of hydrogen-bond acceptors (Lipinski definition) is 7. The van der Waals surface area contributed by atoms with Gasteiger partial charge in [0.1, 0.15) is 5.60 Å². The zero-order chi connectivity index (χ0) is 18.5. The summed E-state index contributed by atoms with van der Waals surface area (Å²) >= 11 is 0. The van der Waals surface area contributed by atoms with Crippen LogP contribution in [-0.4, -0.2) is 39.3 Å². The summed E-state index contributed by atoms with van der Waals surface area (Å²) in [6.07, 6.45) is -1.45. The van der Waals surface area contributed by atoms with Gasteiger partial charge >= 0.3 is 6.09 Å². The molecule has 0 aromatic heterocycles. The lowest BCUT2D eigenvalue weighted by molar-refractivity contribution is -0.384. The number of aliphatic hydroxyl groups is 2. The number of amides is 2. The number of aliphatic hydroxyl groups excluding tert-OH is 1. The maximum Gasteiger partial charge on any atom is 0.414 e. The van der Waals surface area contributed by atoms with Gasteiger partial charge in [-0.15, -0.1) is 0 Å². The number of imide groups is 1. The molecule has 0 aliphatic rings. The monoisotopic (exact) mass is 340 g/mol. The van der Waals surface area contributed by atoms with Crippen molar-refractivity contribution < 1.29 is 29.5 Å². The summed E-state index contributed by atoms with van der Waals surface area (Å²) in [6, 6.07) is 4.59. The topological polar surface area (TPSA) is 139 Å². The van der Waals surface area contributed by atoms with Crippen molar-refractivity contribution in [3.8, 4) is 0 Å². The highest BCUT2D eigenvalue weighted by Crippen LogP contribution is 2.27. The molecular weight excluding hydrogens is 320 g/mol. The second-order valence-corrected chi connectivity index (χ2v) is 6.09. The minimum Gasteiger partial charge on any atom is -0.444 e. The van der Waals surface area contributed by atoms with Crippen LogP contribution in [0, 0.1) is 10.1 Å². The molecule has 0 saturated heterocycles. The Labute approximate surface area is 138 Å². The Kier molecular flexibility index (Phi) is 5.99. The molecule has 0 aliphatic carbocycles. The molecule has 3 N–H and O–H groups in total. The predicted molar refractivity (Wildman–Crippen MR) is 83.1 cm³/mol. The summed E-state index contributed by atoms with van der Waals surface area (Å²) in [7, 11) is 0. The molecule has 9 heteroatoms. The highest BCUT2D eigenvalue weighted by molar-refractivity contribution is 5.97. The van der Waals surface area contributed by atoms with Crippen LogP contribution in [0.2, 0.25) is 0 Å². The summed E-state index contributed by atoms with van der Waals surface area (Å²) in [5.74, 6) is -1.10. The zero-order valence-corrected chi connectivity index (χ0v) is 13.6. The molecule has 1 unspecified atom stereocenters. The van der Waals surface area contributed by atoms with E-state index in [1.807, 2.05) is 5.32 Å². The number of nitrogens with one attached hydrogen (secondary N) is 1. The second-order valence-electron chi connectivity index (χ2n) is 6.09. The van der Waals surface area contributed by atoms with Crippen LogP contribution >= 0.6 is 0 Å². The van der Waals surface area contributed by atoms with E-state index < -0.39 is 41.2 Å². The Morgan fingerprint density at radius 2 is 1.79 bits per heavy atom. The normalized spacial score (nSPS) is 13.7. The van der Waals surface area contributed by atoms with Gasteiger partial charge in [0.25, 0.3) is 11.6 Å². The maximum atomic E-state index is 12.3. The van der Waals surface area contributed by atoms with Gasteiger partial charge in [0.15, 0.2) is 5.60 Å². The van der Waals surface area contributed by atoms with Crippen molar-refractivity contribution in [3.05, 3.63) is 39.9 Å². The molecule has 1 aromatic rings. The number of rotatable bonds is 5. The Balaban J connectivity index is 3.03. The molecular formula is C15H20N2O7. The average molecular weight is 340 g/mol. The first-order valence-corrected chi connectivity index (χ1v) is 7.12. The molecule has 0 bridgehead atoms. The van der Waals surface area contributed by atoms with Crippen molar-refractivity contribution in [2.75, 3.05) is 6.61 Å². The van der Waals surface area contributed by atoms with Crippen molar-refractivity contribution in [1.82, 2.24) is 5.32 Å². The van der Waals surface area contributed by atoms with Gasteiger partial charge in [0, 0.05) is 25.2 Å². The molecule has 132 valence electrons. The number of nitro groups is 1. The van der Waals surface area contributed by atoms with Crippen LogP contribution in [-0.2, 0) is 15.1 Å². The number of alkyl carbamates (subject to hydrolysis) is 1. The van der Waals surface area contributed by atoms with E-state index >= 15 is 0 Å². The lowest BCUT2D eigenvalue weighted by Crippen LogP contribution is -2.48. The zero-order valence-electron chi connectivity index (χ0n) is 13.6. The van der Waals surface area contributed by atoms with Crippen LogP contribution in [0.15, 0.2) is 24.3 Å². The summed E-state index contributed by atoms with van der Waals surface area (Å²) < 4.78 is 4.93. The van der Waals surface area contributed by atoms with E-state index in [2.05, 4.69) is 0 Å². The highest BCUT2D eigenvalue weighted by Gasteiger charge is 2.39. The number of carbonyl (C=O) groups excluding carboxylic acids is 2. The molecule has 24 heavy (non-hydrogen) atoms. The van der Waals surface area contributed by atoms with Crippen LogP contribution in [0.1, 0.15) is 32.8 Å². The number of benzene rings is 1. The fourth-order valence-electron chi connectivity index (χ4n) is 1.91. The molecule has 0 fully saturated rings. The van der Waals surface area contributed by atoms with Gasteiger partial charge < -0.3 is 14.9 Å². The summed E-state index contributed by atoms with van der Waals surface area (Å²) in [5, 5.41) is 32.3. The Hall–Kier alpha value is -2.52. The van der Waals surface area contributed by atoms with E-state index in [9.17, 15) is 24.8 Å². The Bertz CT molecular complexity index is 622. The summed E-state index contributed by atoms with van der Waals surface area (Å²) in [6.45, 7) is 4.27. The molecule has 1 rings (SSSR count). The van der Waals surface area contributed by atoms with E-state index in [0.717, 1.165) is 12.1 Å². The van der Waals surface area contributed by atoms with Crippen LogP contribution in [0.3, 0.4) is 0 Å². The molecule has 0 radical (unpaired) electrons. The third-order valence-electron chi connectivity index (χ3n) is 3.02. The molecule has 0 spiro atoms. The number of nitro benzene ring substituents is 1. The quantitative estimate of drug-likeness (QED) is 0.541. The minimum atomic E-state index is -2.24. The smallest absolute Gasteiger partial charge is 0.414 e. The summed E-state index contributed by atoms with van der Waals surface area (Å²) in [4.78, 5) is 34.0. The van der Waals surface area contributed by atoms with Crippen molar-refractivity contribution in [1.29, 1.82) is 0 Å². The van der Waals surface area contributed by atoms with Gasteiger partial charge in [-0.1, -0.05) is 0 Å². The van der Waals surface area contributed by atoms with E-state index in [-0.39, 0.29) is 11.3 Å². The van der Waals surface area contributed by atoms with Crippen molar-refractivity contribution in [2.24, 2.45) is 0 Å². The predicted octanol–water partition coefficient (Wildman–Crippen LogP) is 1.22. The average Bonchev–Trinajstić information content (AvgIpc) is 2.45. The SMILES string of the molecule is CC(C)(C)OC(=O)NC(=O)C(O)(CCO)c1ccc([N+](=O)[O-])cc1. The highest BCUT2D eigenvalue weighted by atomic mass is 16.6. The van der Waals surface area contributed by atoms with E-state index in [0.29, 0.717) is 0 Å². The lowest BCUT2D eigenvalue weighted by atomic mass is 9.89. The minimum absolute atomic E-state index is 0.00297. The van der Waals surface area contributed by atoms with Crippen molar-refractivity contribution in [3.63, 3.8) is 0 Å².